The number of quaternary nitrogens is 1. The Balaban J connectivity index is 4.41. The molecular formula is C40H76N2O6P+. The molecule has 0 radical (unpaired) electrons. The smallest absolute Gasteiger partial charge is 0.387 e. The third-order valence-corrected chi connectivity index (χ3v) is 9.28. The molecule has 49 heavy (non-hydrogen) atoms. The molecule has 9 heteroatoms. The third-order valence-electron chi connectivity index (χ3n) is 8.29. The molecule has 0 aromatic heterocycles. The number of carbonyl (C=O) groups is 1. The fraction of sp³-hybridized carbons (Fsp3) is 0.775. The van der Waals surface area contributed by atoms with E-state index in [-0.39, 0.29) is 19.1 Å². The number of nitrogens with zero attached hydrogens (tertiary/aromatic N) is 1. The number of aliphatic hydroxyl groups excluding tert-OH is 1. The Morgan fingerprint density at radius 3 is 1.73 bits per heavy atom. The Bertz CT molecular complexity index is 944. The highest BCUT2D eigenvalue weighted by Crippen LogP contribution is 2.43. The lowest BCUT2D eigenvalue weighted by molar-refractivity contribution is -0.870. The molecule has 3 atom stereocenters. The van der Waals surface area contributed by atoms with E-state index >= 15 is 0 Å². The van der Waals surface area contributed by atoms with Gasteiger partial charge in [0.25, 0.3) is 0 Å². The first-order valence-electron chi connectivity index (χ1n) is 19.5. The highest BCUT2D eigenvalue weighted by molar-refractivity contribution is 7.47. The first kappa shape index (κ1) is 47.5. The van der Waals surface area contributed by atoms with Crippen LogP contribution in [-0.2, 0) is 18.4 Å². The average Bonchev–Trinajstić information content (AvgIpc) is 3.04. The highest BCUT2D eigenvalue weighted by atomic mass is 31.2. The van der Waals surface area contributed by atoms with Crippen LogP contribution < -0.4 is 5.32 Å². The van der Waals surface area contributed by atoms with Crippen LogP contribution in [0.5, 0.6) is 0 Å². The first-order chi connectivity index (χ1) is 23.5. The van der Waals surface area contributed by atoms with Crippen LogP contribution in [0.25, 0.3) is 0 Å². The van der Waals surface area contributed by atoms with Crippen molar-refractivity contribution >= 4 is 13.7 Å². The molecule has 0 fully saturated rings. The van der Waals surface area contributed by atoms with Gasteiger partial charge in [0.15, 0.2) is 0 Å². The molecular weight excluding hydrogens is 635 g/mol. The summed E-state index contributed by atoms with van der Waals surface area (Å²) in [4.78, 5) is 22.9. The van der Waals surface area contributed by atoms with Gasteiger partial charge < -0.3 is 19.8 Å². The standard InChI is InChI=1S/C40H75N2O6P/c1-6-8-10-12-14-16-17-18-19-20-21-22-23-24-25-26-28-30-32-34-40(44)41-38(37-48-49(45,46)47-36-35-42(3,4)5)39(43)33-31-29-27-15-13-11-9-7-2/h14,16,18-19,21-22,31,33,38-39,43H,6-13,15,17,20,23-30,32,34-37H2,1-5H3,(H-,41,44,45,46)/p+1/b16-14-,19-18-,22-21-,33-31+. The Kier molecular flexibility index (Phi) is 31.4. The maximum Gasteiger partial charge on any atom is 0.472 e. The molecule has 0 aliphatic carbocycles. The molecule has 0 aliphatic heterocycles. The molecule has 0 saturated heterocycles. The van der Waals surface area contributed by atoms with E-state index in [4.69, 9.17) is 9.05 Å². The number of likely N-dealkylation sites (N-methyl/N-ethyl adjacent to an activating group) is 1. The predicted octanol–water partition coefficient (Wildman–Crippen LogP) is 10.1. The Hall–Kier alpha value is -1.54. The molecule has 0 saturated carbocycles. The van der Waals surface area contributed by atoms with Gasteiger partial charge in [-0.1, -0.05) is 133 Å². The van der Waals surface area contributed by atoms with Crippen molar-refractivity contribution in [3.05, 3.63) is 48.6 Å². The molecule has 0 bridgehead atoms. The number of hydrogen-bond acceptors (Lipinski definition) is 5. The topological polar surface area (TPSA) is 105 Å². The fourth-order valence-electron chi connectivity index (χ4n) is 5.10. The molecule has 8 nitrogen and oxygen atoms in total. The van der Waals surface area contributed by atoms with E-state index in [2.05, 4.69) is 55.6 Å². The van der Waals surface area contributed by atoms with E-state index < -0.39 is 20.0 Å². The second-order valence-electron chi connectivity index (χ2n) is 14.3. The number of amides is 1. The van der Waals surface area contributed by atoms with E-state index in [0.717, 1.165) is 64.2 Å². The summed E-state index contributed by atoms with van der Waals surface area (Å²) in [5, 5.41) is 13.7. The lowest BCUT2D eigenvalue weighted by atomic mass is 10.1. The summed E-state index contributed by atoms with van der Waals surface area (Å²) in [5.74, 6) is -0.196. The van der Waals surface area contributed by atoms with Crippen LogP contribution in [0.2, 0.25) is 0 Å². The van der Waals surface area contributed by atoms with E-state index in [9.17, 15) is 19.4 Å². The van der Waals surface area contributed by atoms with Crippen molar-refractivity contribution in [2.75, 3.05) is 40.9 Å². The summed E-state index contributed by atoms with van der Waals surface area (Å²) in [7, 11) is 1.55. The summed E-state index contributed by atoms with van der Waals surface area (Å²) >= 11 is 0. The van der Waals surface area contributed by atoms with Crippen LogP contribution in [0.1, 0.15) is 149 Å². The lowest BCUT2D eigenvalue weighted by Crippen LogP contribution is -2.45. The summed E-state index contributed by atoms with van der Waals surface area (Å²) < 4.78 is 23.4. The summed E-state index contributed by atoms with van der Waals surface area (Å²) in [6, 6.07) is -0.850. The summed E-state index contributed by atoms with van der Waals surface area (Å²) in [5.41, 5.74) is 0. The van der Waals surface area contributed by atoms with Crippen LogP contribution in [-0.4, -0.2) is 73.4 Å². The van der Waals surface area contributed by atoms with E-state index in [1.165, 1.54) is 64.2 Å². The minimum absolute atomic E-state index is 0.0564. The number of carbonyl (C=O) groups excluding carboxylic acids is 1. The van der Waals surface area contributed by atoms with Crippen molar-refractivity contribution in [1.82, 2.24) is 5.32 Å². The molecule has 0 heterocycles. The van der Waals surface area contributed by atoms with Gasteiger partial charge in [-0.25, -0.2) is 4.57 Å². The molecule has 0 aromatic carbocycles. The number of nitrogens with one attached hydrogen (secondary N) is 1. The molecule has 0 rings (SSSR count). The van der Waals surface area contributed by atoms with Crippen LogP contribution in [0.3, 0.4) is 0 Å². The zero-order valence-corrected chi connectivity index (χ0v) is 33.1. The van der Waals surface area contributed by atoms with Gasteiger partial charge in [-0.05, 0) is 57.8 Å². The van der Waals surface area contributed by atoms with Crippen molar-refractivity contribution in [3.63, 3.8) is 0 Å². The molecule has 3 unspecified atom stereocenters. The molecule has 0 aliphatic rings. The zero-order valence-electron chi connectivity index (χ0n) is 32.2. The second kappa shape index (κ2) is 32.4. The Labute approximate surface area is 301 Å². The van der Waals surface area contributed by atoms with Gasteiger partial charge >= 0.3 is 7.82 Å². The van der Waals surface area contributed by atoms with Gasteiger partial charge in [0.1, 0.15) is 13.2 Å². The SMILES string of the molecule is CCCCC/C=C\C/C=C\C/C=C\CCCCCCCCC(=O)NC(COP(=O)(O)OCC[N+](C)(C)C)C(O)/C=C/CCCCCCCC. The fourth-order valence-corrected chi connectivity index (χ4v) is 5.84. The van der Waals surface area contributed by atoms with Gasteiger partial charge in [0.2, 0.25) is 5.91 Å². The Morgan fingerprint density at radius 1 is 0.694 bits per heavy atom. The van der Waals surface area contributed by atoms with Gasteiger partial charge in [0.05, 0.1) is 39.9 Å². The number of aliphatic hydroxyl groups is 1. The number of rotatable bonds is 34. The van der Waals surface area contributed by atoms with Gasteiger partial charge in [0, 0.05) is 6.42 Å². The number of phosphoric acid groups is 1. The van der Waals surface area contributed by atoms with Crippen molar-refractivity contribution in [2.45, 2.75) is 161 Å². The van der Waals surface area contributed by atoms with Crippen LogP contribution in [0, 0.1) is 0 Å². The number of hydrogen-bond donors (Lipinski definition) is 3. The van der Waals surface area contributed by atoms with Crippen molar-refractivity contribution in [2.24, 2.45) is 0 Å². The minimum atomic E-state index is -4.33. The molecule has 0 aromatic rings. The molecule has 0 spiro atoms. The predicted molar refractivity (Wildman–Crippen MR) is 207 cm³/mol. The van der Waals surface area contributed by atoms with Gasteiger partial charge in [-0.3, -0.25) is 13.8 Å². The molecule has 286 valence electrons. The van der Waals surface area contributed by atoms with Crippen LogP contribution in [0.4, 0.5) is 0 Å². The molecule has 1 amide bonds. The quantitative estimate of drug-likeness (QED) is 0.0266. The summed E-state index contributed by atoms with van der Waals surface area (Å²) in [6.07, 6.45) is 38.9. The minimum Gasteiger partial charge on any atom is -0.387 e. The Morgan fingerprint density at radius 2 is 1.16 bits per heavy atom. The van der Waals surface area contributed by atoms with E-state index in [1.54, 1.807) is 6.08 Å². The summed E-state index contributed by atoms with van der Waals surface area (Å²) in [6.45, 7) is 4.70. The average molecular weight is 712 g/mol. The van der Waals surface area contributed by atoms with Crippen LogP contribution in [0.15, 0.2) is 48.6 Å². The highest BCUT2D eigenvalue weighted by Gasteiger charge is 2.27. The number of allylic oxidation sites excluding steroid dienone is 7. The normalized spacial score (nSPS) is 15.2. The zero-order chi connectivity index (χ0) is 36.5. The van der Waals surface area contributed by atoms with E-state index in [0.29, 0.717) is 17.4 Å². The second-order valence-corrected chi connectivity index (χ2v) is 15.8. The third kappa shape index (κ3) is 34.7. The maximum atomic E-state index is 12.8. The monoisotopic (exact) mass is 712 g/mol. The van der Waals surface area contributed by atoms with Crippen LogP contribution >= 0.6 is 7.82 Å². The number of unbranched alkanes of at least 4 members (excludes halogenated alkanes) is 15. The van der Waals surface area contributed by atoms with Crippen molar-refractivity contribution < 1.29 is 32.9 Å². The van der Waals surface area contributed by atoms with Crippen molar-refractivity contribution in [1.29, 1.82) is 0 Å². The van der Waals surface area contributed by atoms with Gasteiger partial charge in [-0.2, -0.15) is 0 Å². The van der Waals surface area contributed by atoms with E-state index in [1.807, 2.05) is 27.2 Å². The largest absolute Gasteiger partial charge is 0.472 e. The lowest BCUT2D eigenvalue weighted by Gasteiger charge is -2.25. The first-order valence-corrected chi connectivity index (χ1v) is 21.0. The maximum absolute atomic E-state index is 12.8. The van der Waals surface area contributed by atoms with Crippen molar-refractivity contribution in [3.8, 4) is 0 Å². The van der Waals surface area contributed by atoms with Gasteiger partial charge in [-0.15, -0.1) is 0 Å². The number of phosphoric ester groups is 1. The molecule has 3 N–H and O–H groups in total.